The fraction of sp³-hybridized carbons (Fsp3) is 0.167. The highest BCUT2D eigenvalue weighted by atomic mass is 32.1. The van der Waals surface area contributed by atoms with Crippen LogP contribution < -0.4 is 5.32 Å². The van der Waals surface area contributed by atoms with Crippen LogP contribution in [0.4, 0.5) is 5.00 Å². The molecule has 0 atom stereocenters. The van der Waals surface area contributed by atoms with Crippen molar-refractivity contribution in [2.24, 2.45) is 0 Å². The smallest absolute Gasteiger partial charge is 0.361 e. The van der Waals surface area contributed by atoms with Gasteiger partial charge >= 0.3 is 5.97 Å². The molecule has 7 heteroatoms. The zero-order valence-corrected chi connectivity index (χ0v) is 10.9. The van der Waals surface area contributed by atoms with E-state index in [-0.39, 0.29) is 18.0 Å². The molecule has 1 heterocycles. The number of ether oxygens (including phenoxy) is 1. The van der Waals surface area contributed by atoms with Crippen LogP contribution in [0.1, 0.15) is 16.1 Å². The first kappa shape index (κ1) is 13.2. The van der Waals surface area contributed by atoms with Crippen LogP contribution in [0.2, 0.25) is 0 Å². The van der Waals surface area contributed by atoms with Crippen LogP contribution in [-0.4, -0.2) is 28.6 Å². The van der Waals surface area contributed by atoms with Gasteiger partial charge in [-0.15, -0.1) is 5.10 Å². The summed E-state index contributed by atoms with van der Waals surface area (Å²) in [6.45, 7) is 0. The Labute approximate surface area is 113 Å². The third-order valence-corrected chi connectivity index (χ3v) is 2.97. The SMILES string of the molecule is COC(=O)c1nnsc1NC(=O)Cc1ccccc1. The molecule has 19 heavy (non-hydrogen) atoms. The maximum absolute atomic E-state index is 11.8. The summed E-state index contributed by atoms with van der Waals surface area (Å²) >= 11 is 0.938. The number of nitrogens with one attached hydrogen (secondary N) is 1. The van der Waals surface area contributed by atoms with E-state index in [9.17, 15) is 9.59 Å². The largest absolute Gasteiger partial charge is 0.464 e. The van der Waals surface area contributed by atoms with E-state index in [2.05, 4.69) is 19.6 Å². The first-order chi connectivity index (χ1) is 9.20. The standard InChI is InChI=1S/C12H11N3O3S/c1-18-12(17)10-11(19-15-14-10)13-9(16)7-8-5-3-2-4-6-8/h2-6H,7H2,1H3,(H,13,16). The lowest BCUT2D eigenvalue weighted by Gasteiger charge is -2.03. The number of aromatic nitrogens is 2. The molecule has 0 saturated carbocycles. The van der Waals surface area contributed by atoms with Crippen LogP contribution in [0.25, 0.3) is 0 Å². The number of carbonyl (C=O) groups excluding carboxylic acids is 2. The van der Waals surface area contributed by atoms with Crippen molar-refractivity contribution in [3.05, 3.63) is 41.6 Å². The van der Waals surface area contributed by atoms with Crippen molar-refractivity contribution in [2.75, 3.05) is 12.4 Å². The van der Waals surface area contributed by atoms with Crippen LogP contribution >= 0.6 is 11.5 Å². The predicted octanol–water partition coefficient (Wildman–Crippen LogP) is 1.51. The molecule has 0 radical (unpaired) electrons. The average Bonchev–Trinajstić information content (AvgIpc) is 2.87. The second kappa shape index (κ2) is 6.05. The van der Waals surface area contributed by atoms with E-state index in [0.29, 0.717) is 5.00 Å². The van der Waals surface area contributed by atoms with E-state index < -0.39 is 5.97 Å². The number of methoxy groups -OCH3 is 1. The Kier molecular flexibility index (Phi) is 4.19. The van der Waals surface area contributed by atoms with Crippen LogP contribution in [0.15, 0.2) is 30.3 Å². The molecule has 6 nitrogen and oxygen atoms in total. The van der Waals surface area contributed by atoms with Gasteiger partial charge in [0.15, 0.2) is 5.00 Å². The Morgan fingerprint density at radius 2 is 2.05 bits per heavy atom. The van der Waals surface area contributed by atoms with Gasteiger partial charge in [0.1, 0.15) is 0 Å². The zero-order valence-electron chi connectivity index (χ0n) is 10.1. The number of anilines is 1. The van der Waals surface area contributed by atoms with E-state index in [1.807, 2.05) is 30.3 Å². The molecule has 0 aliphatic carbocycles. The van der Waals surface area contributed by atoms with Crippen molar-refractivity contribution in [3.8, 4) is 0 Å². The van der Waals surface area contributed by atoms with Gasteiger partial charge in [-0.1, -0.05) is 34.8 Å². The molecule has 1 amide bonds. The molecule has 2 rings (SSSR count). The van der Waals surface area contributed by atoms with Gasteiger partial charge < -0.3 is 10.1 Å². The van der Waals surface area contributed by atoms with Gasteiger partial charge in [-0.3, -0.25) is 4.79 Å². The summed E-state index contributed by atoms with van der Waals surface area (Å²) in [6, 6.07) is 9.30. The molecule has 0 saturated heterocycles. The van der Waals surface area contributed by atoms with Crippen LogP contribution in [-0.2, 0) is 16.0 Å². The molecule has 2 aromatic rings. The second-order valence-corrected chi connectivity index (χ2v) is 4.41. The van der Waals surface area contributed by atoms with Gasteiger partial charge in [0.2, 0.25) is 11.6 Å². The summed E-state index contributed by atoms with van der Waals surface area (Å²) in [5, 5.41) is 6.53. The summed E-state index contributed by atoms with van der Waals surface area (Å²) in [5.74, 6) is -0.855. The van der Waals surface area contributed by atoms with E-state index in [0.717, 1.165) is 17.1 Å². The Balaban J connectivity index is 2.04. The van der Waals surface area contributed by atoms with Gasteiger partial charge in [0, 0.05) is 11.5 Å². The minimum absolute atomic E-state index is 0.0221. The second-order valence-electron chi connectivity index (χ2n) is 3.65. The van der Waals surface area contributed by atoms with E-state index in [1.54, 1.807) is 0 Å². The minimum Gasteiger partial charge on any atom is -0.464 e. The highest BCUT2D eigenvalue weighted by molar-refractivity contribution is 7.10. The number of nitrogens with zero attached hydrogens (tertiary/aromatic N) is 2. The molecule has 0 aliphatic rings. The third-order valence-electron chi connectivity index (χ3n) is 2.33. The number of esters is 1. The van der Waals surface area contributed by atoms with Gasteiger partial charge in [0.05, 0.1) is 13.5 Å². The molecular formula is C12H11N3O3S. The molecular weight excluding hydrogens is 266 g/mol. The van der Waals surface area contributed by atoms with Crippen molar-refractivity contribution in [1.82, 2.24) is 9.59 Å². The fourth-order valence-corrected chi connectivity index (χ4v) is 2.03. The quantitative estimate of drug-likeness (QED) is 0.857. The normalized spacial score (nSPS) is 9.95. The Bertz CT molecular complexity index is 583. The topological polar surface area (TPSA) is 81.2 Å². The lowest BCUT2D eigenvalue weighted by atomic mass is 10.1. The number of hydrogen-bond donors (Lipinski definition) is 1. The Morgan fingerprint density at radius 3 is 2.74 bits per heavy atom. The minimum atomic E-state index is -0.622. The molecule has 0 bridgehead atoms. The molecule has 0 aliphatic heterocycles. The van der Waals surface area contributed by atoms with Crippen LogP contribution in [0, 0.1) is 0 Å². The summed E-state index contributed by atoms with van der Waals surface area (Å²) < 4.78 is 8.18. The third kappa shape index (κ3) is 3.35. The van der Waals surface area contributed by atoms with Crippen molar-refractivity contribution < 1.29 is 14.3 Å². The lowest BCUT2D eigenvalue weighted by molar-refractivity contribution is -0.115. The Hall–Kier alpha value is -2.28. The first-order valence-electron chi connectivity index (χ1n) is 5.45. The monoisotopic (exact) mass is 277 g/mol. The molecule has 98 valence electrons. The maximum Gasteiger partial charge on any atom is 0.361 e. The number of carbonyl (C=O) groups is 2. The molecule has 0 fully saturated rings. The number of benzene rings is 1. The van der Waals surface area contributed by atoms with Crippen molar-refractivity contribution in [1.29, 1.82) is 0 Å². The van der Waals surface area contributed by atoms with Gasteiger partial charge in [-0.25, -0.2) is 4.79 Å². The summed E-state index contributed by atoms with van der Waals surface area (Å²) in [7, 11) is 1.25. The summed E-state index contributed by atoms with van der Waals surface area (Å²) in [4.78, 5) is 23.2. The van der Waals surface area contributed by atoms with Crippen LogP contribution in [0.3, 0.4) is 0 Å². The molecule has 0 unspecified atom stereocenters. The summed E-state index contributed by atoms with van der Waals surface area (Å²) in [5.41, 5.74) is 0.908. The fourth-order valence-electron chi connectivity index (χ4n) is 1.46. The average molecular weight is 277 g/mol. The van der Waals surface area contributed by atoms with Gasteiger partial charge in [-0.05, 0) is 5.56 Å². The molecule has 1 aromatic carbocycles. The highest BCUT2D eigenvalue weighted by Gasteiger charge is 2.18. The highest BCUT2D eigenvalue weighted by Crippen LogP contribution is 2.18. The lowest BCUT2D eigenvalue weighted by Crippen LogP contribution is -2.16. The predicted molar refractivity (Wildman–Crippen MR) is 70.0 cm³/mol. The van der Waals surface area contributed by atoms with E-state index in [1.165, 1.54) is 7.11 Å². The van der Waals surface area contributed by atoms with Crippen molar-refractivity contribution in [2.45, 2.75) is 6.42 Å². The maximum atomic E-state index is 11.8. The number of hydrogen-bond acceptors (Lipinski definition) is 6. The number of rotatable bonds is 4. The molecule has 1 aromatic heterocycles. The van der Waals surface area contributed by atoms with Crippen molar-refractivity contribution >= 4 is 28.4 Å². The van der Waals surface area contributed by atoms with Gasteiger partial charge in [-0.2, -0.15) is 0 Å². The molecule has 0 spiro atoms. The summed E-state index contributed by atoms with van der Waals surface area (Å²) in [6.07, 6.45) is 0.222. The molecule has 1 N–H and O–H groups in total. The van der Waals surface area contributed by atoms with Crippen LogP contribution in [0.5, 0.6) is 0 Å². The zero-order chi connectivity index (χ0) is 13.7. The van der Waals surface area contributed by atoms with E-state index >= 15 is 0 Å². The van der Waals surface area contributed by atoms with Gasteiger partial charge in [0.25, 0.3) is 0 Å². The van der Waals surface area contributed by atoms with E-state index in [4.69, 9.17) is 0 Å². The first-order valence-corrected chi connectivity index (χ1v) is 6.22. The van der Waals surface area contributed by atoms with Crippen molar-refractivity contribution in [3.63, 3.8) is 0 Å². The Morgan fingerprint density at radius 1 is 1.32 bits per heavy atom. The number of amides is 1.